The first-order valence-electron chi connectivity index (χ1n) is 9.25. The summed E-state index contributed by atoms with van der Waals surface area (Å²) in [7, 11) is 1.52. The lowest BCUT2D eigenvalue weighted by atomic mass is 10.1. The maximum Gasteiger partial charge on any atom is 0.329 e. The van der Waals surface area contributed by atoms with Gasteiger partial charge >= 0.3 is 5.97 Å². The van der Waals surface area contributed by atoms with Gasteiger partial charge in [0.15, 0.2) is 11.7 Å². The van der Waals surface area contributed by atoms with Gasteiger partial charge in [0.05, 0.1) is 35.9 Å². The molecule has 148 valence electrons. The lowest BCUT2D eigenvalue weighted by Crippen LogP contribution is -2.46. The summed E-state index contributed by atoms with van der Waals surface area (Å²) in [6.45, 7) is 5.51. The number of morpholine rings is 1. The van der Waals surface area contributed by atoms with E-state index in [0.717, 1.165) is 0 Å². The third-order valence-corrected chi connectivity index (χ3v) is 4.47. The molecule has 3 rings (SSSR count). The number of hydrogen-bond donors (Lipinski definition) is 0. The number of anilines is 1. The Hall–Kier alpha value is -2.76. The molecule has 8 heteroatoms. The van der Waals surface area contributed by atoms with Gasteiger partial charge in [-0.05, 0) is 26.0 Å². The van der Waals surface area contributed by atoms with Crippen molar-refractivity contribution in [2.24, 2.45) is 0 Å². The number of esters is 1. The number of benzene rings is 1. The molecule has 0 bridgehead atoms. The topological polar surface area (TPSA) is 97.6 Å². The monoisotopic (exact) mass is 384 g/mol. The van der Waals surface area contributed by atoms with E-state index in [1.54, 1.807) is 0 Å². The molecule has 0 unspecified atom stereocenters. The fourth-order valence-electron chi connectivity index (χ4n) is 3.32. The van der Waals surface area contributed by atoms with E-state index in [2.05, 4.69) is 4.98 Å². The highest BCUT2D eigenvalue weighted by molar-refractivity contribution is 5.85. The number of rotatable bonds is 6. The average Bonchev–Trinajstić information content (AvgIpc) is 2.67. The van der Waals surface area contributed by atoms with Crippen molar-refractivity contribution in [2.45, 2.75) is 32.0 Å². The molecule has 1 aromatic carbocycles. The predicted molar refractivity (Wildman–Crippen MR) is 103 cm³/mol. The number of aromatic nitrogens is 2. The average molecular weight is 384 g/mol. The summed E-state index contributed by atoms with van der Waals surface area (Å²) < 4.78 is 15.9. The van der Waals surface area contributed by atoms with Crippen molar-refractivity contribution in [3.05, 3.63) is 30.0 Å². The normalized spacial score (nSPS) is 20.6. The summed E-state index contributed by atoms with van der Waals surface area (Å²) in [5.41, 5.74) is 1.64. The highest BCUT2D eigenvalue weighted by Gasteiger charge is 2.32. The second kappa shape index (κ2) is 8.95. The first kappa shape index (κ1) is 20.0. The fourth-order valence-corrected chi connectivity index (χ4v) is 3.32. The molecule has 3 atom stereocenters. The molecule has 1 aliphatic rings. The molecule has 2 aromatic rings. The molecule has 1 aromatic heterocycles. The predicted octanol–water partition coefficient (Wildman–Crippen LogP) is 2.04. The van der Waals surface area contributed by atoms with Crippen LogP contribution >= 0.6 is 0 Å². The van der Waals surface area contributed by atoms with Crippen LogP contribution in [-0.2, 0) is 19.0 Å². The first-order chi connectivity index (χ1) is 13.5. The fraction of sp³-hybridized carbons (Fsp3) is 0.500. The van der Waals surface area contributed by atoms with Crippen molar-refractivity contribution in [2.75, 3.05) is 38.3 Å². The minimum absolute atomic E-state index is 0.000870. The highest BCUT2D eigenvalue weighted by atomic mass is 16.6. The zero-order chi connectivity index (χ0) is 20.1. The molecule has 0 saturated carbocycles. The van der Waals surface area contributed by atoms with E-state index in [0.29, 0.717) is 35.6 Å². The van der Waals surface area contributed by atoms with Crippen molar-refractivity contribution in [1.82, 2.24) is 9.97 Å². The molecule has 1 fully saturated rings. The highest BCUT2D eigenvalue weighted by Crippen LogP contribution is 2.29. The van der Waals surface area contributed by atoms with Gasteiger partial charge in [0, 0.05) is 20.2 Å². The summed E-state index contributed by atoms with van der Waals surface area (Å²) in [5, 5.41) is 9.71. The standard InChI is InChI=1S/C20H24N4O4/c1-13-11-24(12-14(2)28-13)19-18(15(10-21)20(25)27-9-8-26-3)22-16-6-4-5-7-17(16)23-19/h4-7,13-15H,8-9,11-12H2,1-3H3/t13-,14-,15+/m0/s1. The van der Waals surface area contributed by atoms with Crippen LogP contribution in [0.25, 0.3) is 11.0 Å². The van der Waals surface area contributed by atoms with Crippen molar-refractivity contribution in [1.29, 1.82) is 5.26 Å². The quantitative estimate of drug-likeness (QED) is 0.551. The molecule has 1 aliphatic heterocycles. The molecule has 2 heterocycles. The second-order valence-electron chi connectivity index (χ2n) is 6.81. The van der Waals surface area contributed by atoms with Gasteiger partial charge in [-0.1, -0.05) is 12.1 Å². The Bertz CT molecular complexity index is 872. The zero-order valence-electron chi connectivity index (χ0n) is 16.3. The third-order valence-electron chi connectivity index (χ3n) is 4.47. The Morgan fingerprint density at radius 2 is 1.89 bits per heavy atom. The van der Waals surface area contributed by atoms with Crippen LogP contribution in [0.2, 0.25) is 0 Å². The summed E-state index contributed by atoms with van der Waals surface area (Å²) in [4.78, 5) is 23.9. The van der Waals surface area contributed by atoms with Crippen molar-refractivity contribution in [3.63, 3.8) is 0 Å². The zero-order valence-corrected chi connectivity index (χ0v) is 16.3. The van der Waals surface area contributed by atoms with Crippen LogP contribution in [0.3, 0.4) is 0 Å². The molecule has 0 spiro atoms. The van der Waals surface area contributed by atoms with Gasteiger partial charge in [-0.15, -0.1) is 0 Å². The number of ether oxygens (including phenoxy) is 3. The van der Waals surface area contributed by atoms with Crippen LogP contribution in [0.15, 0.2) is 24.3 Å². The lowest BCUT2D eigenvalue weighted by Gasteiger charge is -2.37. The molecule has 0 aliphatic carbocycles. The number of nitriles is 1. The first-order valence-corrected chi connectivity index (χ1v) is 9.25. The van der Waals surface area contributed by atoms with E-state index in [9.17, 15) is 10.1 Å². The van der Waals surface area contributed by atoms with Crippen LogP contribution in [0.1, 0.15) is 25.5 Å². The Balaban J connectivity index is 2.03. The summed E-state index contributed by atoms with van der Waals surface area (Å²) in [6, 6.07) is 9.43. The maximum atomic E-state index is 12.5. The van der Waals surface area contributed by atoms with E-state index < -0.39 is 11.9 Å². The van der Waals surface area contributed by atoms with Gasteiger partial charge < -0.3 is 19.1 Å². The van der Waals surface area contributed by atoms with Crippen LogP contribution in [0.5, 0.6) is 0 Å². The molecule has 0 amide bonds. The number of carbonyl (C=O) groups excluding carboxylic acids is 1. The van der Waals surface area contributed by atoms with Gasteiger partial charge in [0.2, 0.25) is 0 Å². The van der Waals surface area contributed by atoms with E-state index in [1.165, 1.54) is 7.11 Å². The van der Waals surface area contributed by atoms with E-state index in [-0.39, 0.29) is 25.4 Å². The smallest absolute Gasteiger partial charge is 0.329 e. The Kier molecular flexibility index (Phi) is 6.39. The molecule has 8 nitrogen and oxygen atoms in total. The molecule has 1 saturated heterocycles. The largest absolute Gasteiger partial charge is 0.462 e. The van der Waals surface area contributed by atoms with E-state index in [1.807, 2.05) is 49.1 Å². The minimum Gasteiger partial charge on any atom is -0.462 e. The summed E-state index contributed by atoms with van der Waals surface area (Å²) in [5.74, 6) is -1.30. The van der Waals surface area contributed by atoms with Crippen molar-refractivity contribution in [3.8, 4) is 6.07 Å². The molecule has 0 N–H and O–H groups in total. The third kappa shape index (κ3) is 4.38. The van der Waals surface area contributed by atoms with E-state index >= 15 is 0 Å². The molecule has 0 radical (unpaired) electrons. The lowest BCUT2D eigenvalue weighted by molar-refractivity contribution is -0.145. The van der Waals surface area contributed by atoms with Gasteiger partial charge in [0.1, 0.15) is 12.3 Å². The van der Waals surface area contributed by atoms with Crippen LogP contribution in [0, 0.1) is 11.3 Å². The summed E-state index contributed by atoms with van der Waals surface area (Å²) in [6.07, 6.45) is -0.00174. The van der Waals surface area contributed by atoms with Gasteiger partial charge in [0.25, 0.3) is 0 Å². The number of carbonyl (C=O) groups is 1. The summed E-state index contributed by atoms with van der Waals surface area (Å²) >= 11 is 0. The second-order valence-corrected chi connectivity index (χ2v) is 6.81. The van der Waals surface area contributed by atoms with Gasteiger partial charge in [-0.3, -0.25) is 4.79 Å². The number of fused-ring (bicyclic) bond motifs is 1. The van der Waals surface area contributed by atoms with Crippen molar-refractivity contribution < 1.29 is 19.0 Å². The van der Waals surface area contributed by atoms with Crippen LogP contribution in [0.4, 0.5) is 5.82 Å². The molecular weight excluding hydrogens is 360 g/mol. The Labute approximate surface area is 164 Å². The van der Waals surface area contributed by atoms with E-state index in [4.69, 9.17) is 19.2 Å². The van der Waals surface area contributed by atoms with Gasteiger partial charge in [-0.2, -0.15) is 5.26 Å². The Morgan fingerprint density at radius 1 is 1.25 bits per heavy atom. The minimum atomic E-state index is -1.17. The van der Waals surface area contributed by atoms with Gasteiger partial charge in [-0.25, -0.2) is 9.97 Å². The van der Waals surface area contributed by atoms with Crippen LogP contribution < -0.4 is 4.90 Å². The molecular formula is C20H24N4O4. The number of nitrogens with zero attached hydrogens (tertiary/aromatic N) is 4. The Morgan fingerprint density at radius 3 is 2.50 bits per heavy atom. The van der Waals surface area contributed by atoms with Crippen LogP contribution in [-0.4, -0.2) is 61.6 Å². The number of methoxy groups -OCH3 is 1. The number of hydrogen-bond acceptors (Lipinski definition) is 8. The van der Waals surface area contributed by atoms with Crippen molar-refractivity contribution >= 4 is 22.8 Å². The molecule has 28 heavy (non-hydrogen) atoms. The SMILES string of the molecule is COCCOC(=O)[C@H](C#N)c1nc2ccccc2nc1N1C[C@H](C)O[C@@H](C)C1. The maximum absolute atomic E-state index is 12.5. The number of para-hydroxylation sites is 2.